The molecule has 118 valence electrons. The number of nitrogens with zero attached hydrogens (tertiary/aromatic N) is 3. The number of hydrogen-bond donors (Lipinski definition) is 0. The lowest BCUT2D eigenvalue weighted by Crippen LogP contribution is -2.58. The van der Waals surface area contributed by atoms with Crippen molar-refractivity contribution in [3.8, 4) is 11.8 Å². The third-order valence-corrected chi connectivity index (χ3v) is 4.76. The van der Waals surface area contributed by atoms with Crippen LogP contribution in [-0.2, 0) is 4.79 Å². The molecule has 0 aliphatic carbocycles. The molecule has 1 aromatic carbocycles. The summed E-state index contributed by atoms with van der Waals surface area (Å²) in [7, 11) is 0. The van der Waals surface area contributed by atoms with E-state index in [4.69, 9.17) is 0 Å². The number of carbonyl (C=O) groups excluding carboxylic acids is 1. The lowest BCUT2D eigenvalue weighted by molar-refractivity contribution is -0.129. The molecule has 1 amide bonds. The highest BCUT2D eigenvalue weighted by Gasteiger charge is 2.33. The van der Waals surface area contributed by atoms with E-state index in [1.165, 1.54) is 0 Å². The van der Waals surface area contributed by atoms with Crippen molar-refractivity contribution >= 4 is 22.4 Å². The van der Waals surface area contributed by atoms with Gasteiger partial charge in [0.25, 0.3) is 5.91 Å². The Morgan fingerprint density at radius 3 is 2.52 bits per heavy atom. The van der Waals surface area contributed by atoms with Gasteiger partial charge in [0.05, 0.1) is 0 Å². The molecule has 1 fully saturated rings. The number of carbonyl (C=O) groups is 1. The zero-order valence-corrected chi connectivity index (χ0v) is 14.1. The molecule has 0 radical (unpaired) electrons. The number of aromatic nitrogens is 1. The Kier molecular flexibility index (Phi) is 4.63. The van der Waals surface area contributed by atoms with Crippen molar-refractivity contribution in [1.82, 2.24) is 9.88 Å². The molecule has 0 spiro atoms. The molecule has 2 atom stereocenters. The molecule has 0 saturated carbocycles. The summed E-state index contributed by atoms with van der Waals surface area (Å²) in [5.74, 6) is 5.64. The van der Waals surface area contributed by atoms with Crippen LogP contribution in [0.25, 0.3) is 0 Å². The van der Waals surface area contributed by atoms with Crippen LogP contribution in [0.1, 0.15) is 19.4 Å². The Balaban J connectivity index is 1.71. The van der Waals surface area contributed by atoms with Crippen molar-refractivity contribution < 1.29 is 4.79 Å². The molecule has 5 heteroatoms. The Morgan fingerprint density at radius 1 is 1.22 bits per heavy atom. The maximum Gasteiger partial charge on any atom is 0.299 e. The van der Waals surface area contributed by atoms with Crippen LogP contribution in [0, 0.1) is 11.8 Å². The van der Waals surface area contributed by atoms with Crippen molar-refractivity contribution in [3.05, 3.63) is 47.5 Å². The first-order chi connectivity index (χ1) is 11.1. The topological polar surface area (TPSA) is 36.4 Å². The third kappa shape index (κ3) is 3.54. The Hall–Kier alpha value is -2.32. The molecule has 2 unspecified atom stereocenters. The van der Waals surface area contributed by atoms with Gasteiger partial charge in [0.2, 0.25) is 0 Å². The largest absolute Gasteiger partial charge is 0.344 e. The molecule has 4 nitrogen and oxygen atoms in total. The van der Waals surface area contributed by atoms with Crippen LogP contribution >= 0.6 is 11.3 Å². The Bertz CT molecular complexity index is 706. The van der Waals surface area contributed by atoms with E-state index in [1.54, 1.807) is 11.3 Å². The van der Waals surface area contributed by atoms with Crippen LogP contribution in [0.2, 0.25) is 0 Å². The van der Waals surface area contributed by atoms with E-state index in [1.807, 2.05) is 46.8 Å². The molecular weight excluding hydrogens is 306 g/mol. The monoisotopic (exact) mass is 325 g/mol. The van der Waals surface area contributed by atoms with Gasteiger partial charge < -0.3 is 9.80 Å². The van der Waals surface area contributed by atoms with Gasteiger partial charge in [-0.25, -0.2) is 4.98 Å². The summed E-state index contributed by atoms with van der Waals surface area (Å²) in [5.41, 5.74) is 0.863. The fourth-order valence-corrected chi connectivity index (χ4v) is 3.63. The van der Waals surface area contributed by atoms with E-state index < -0.39 is 0 Å². The van der Waals surface area contributed by atoms with Gasteiger partial charge in [-0.15, -0.1) is 11.3 Å². The number of hydrogen-bond acceptors (Lipinski definition) is 4. The Labute approximate surface area is 140 Å². The highest BCUT2D eigenvalue weighted by atomic mass is 32.1. The standard InChI is InChI=1S/C18H19N3OS/c1-14-12-20(18-19-10-11-23-18)13-15(2)21(14)17(22)9-8-16-6-4-3-5-7-16/h3-7,10-11,14-15H,12-13H2,1-2H3. The highest BCUT2D eigenvalue weighted by Crippen LogP contribution is 2.24. The van der Waals surface area contributed by atoms with Crippen molar-refractivity contribution in [2.75, 3.05) is 18.0 Å². The van der Waals surface area contributed by atoms with Crippen molar-refractivity contribution in [2.24, 2.45) is 0 Å². The van der Waals surface area contributed by atoms with Gasteiger partial charge in [-0.1, -0.05) is 24.1 Å². The second-order valence-corrected chi connectivity index (χ2v) is 6.62. The molecule has 1 aliphatic rings. The smallest absolute Gasteiger partial charge is 0.299 e. The average molecular weight is 325 g/mol. The summed E-state index contributed by atoms with van der Waals surface area (Å²) in [6.07, 6.45) is 1.82. The minimum atomic E-state index is -0.104. The second-order valence-electron chi connectivity index (χ2n) is 5.75. The molecular formula is C18H19N3OS. The summed E-state index contributed by atoms with van der Waals surface area (Å²) in [6, 6.07) is 9.83. The molecule has 3 rings (SSSR count). The first-order valence-electron chi connectivity index (χ1n) is 7.69. The summed E-state index contributed by atoms with van der Waals surface area (Å²) >= 11 is 1.63. The summed E-state index contributed by atoms with van der Waals surface area (Å²) < 4.78 is 0. The van der Waals surface area contributed by atoms with Crippen molar-refractivity contribution in [2.45, 2.75) is 25.9 Å². The average Bonchev–Trinajstić information content (AvgIpc) is 3.07. The van der Waals surface area contributed by atoms with E-state index in [0.717, 1.165) is 23.8 Å². The number of piperazine rings is 1. The minimum Gasteiger partial charge on any atom is -0.344 e. The normalized spacial score (nSPS) is 20.8. The predicted octanol–water partition coefficient (Wildman–Crippen LogP) is 2.62. The summed E-state index contributed by atoms with van der Waals surface area (Å²) in [6.45, 7) is 5.71. The lowest BCUT2D eigenvalue weighted by Gasteiger charge is -2.43. The van der Waals surface area contributed by atoms with E-state index in [-0.39, 0.29) is 18.0 Å². The molecule has 0 bridgehead atoms. The van der Waals surface area contributed by atoms with Crippen molar-refractivity contribution in [3.63, 3.8) is 0 Å². The Morgan fingerprint density at radius 2 is 1.91 bits per heavy atom. The maximum absolute atomic E-state index is 12.5. The summed E-state index contributed by atoms with van der Waals surface area (Å²) in [4.78, 5) is 21.0. The number of benzene rings is 1. The number of anilines is 1. The SMILES string of the molecule is CC1CN(c2nccs2)CC(C)N1C(=O)C#Cc1ccccc1. The predicted molar refractivity (Wildman–Crippen MR) is 93.4 cm³/mol. The zero-order valence-electron chi connectivity index (χ0n) is 13.3. The fraction of sp³-hybridized carbons (Fsp3) is 0.333. The minimum absolute atomic E-state index is 0.104. The molecule has 1 aromatic heterocycles. The van der Waals surface area contributed by atoms with Crippen LogP contribution in [0.4, 0.5) is 5.13 Å². The van der Waals surface area contributed by atoms with Gasteiger partial charge in [0.1, 0.15) is 0 Å². The van der Waals surface area contributed by atoms with Crippen LogP contribution in [0.5, 0.6) is 0 Å². The van der Waals surface area contributed by atoms with Gasteiger partial charge in [-0.3, -0.25) is 4.79 Å². The van der Waals surface area contributed by atoms with Crippen LogP contribution in [-0.4, -0.2) is 41.0 Å². The maximum atomic E-state index is 12.5. The number of amides is 1. The third-order valence-electron chi connectivity index (χ3n) is 3.93. The molecule has 2 aromatic rings. The quantitative estimate of drug-likeness (QED) is 0.756. The van der Waals surface area contributed by atoms with Crippen molar-refractivity contribution in [1.29, 1.82) is 0 Å². The van der Waals surface area contributed by atoms with Gasteiger partial charge in [0, 0.05) is 48.2 Å². The molecule has 2 heterocycles. The number of rotatable bonds is 1. The van der Waals surface area contributed by atoms with E-state index >= 15 is 0 Å². The van der Waals surface area contributed by atoms with E-state index in [0.29, 0.717) is 0 Å². The van der Waals surface area contributed by atoms with Crippen LogP contribution in [0.3, 0.4) is 0 Å². The van der Waals surface area contributed by atoms with Crippen LogP contribution < -0.4 is 4.90 Å². The van der Waals surface area contributed by atoms with Crippen LogP contribution in [0.15, 0.2) is 41.9 Å². The van der Waals surface area contributed by atoms with Gasteiger partial charge in [-0.05, 0) is 26.0 Å². The zero-order chi connectivity index (χ0) is 16.2. The first-order valence-corrected chi connectivity index (χ1v) is 8.57. The lowest BCUT2D eigenvalue weighted by atomic mass is 10.1. The second kappa shape index (κ2) is 6.84. The molecule has 23 heavy (non-hydrogen) atoms. The van der Waals surface area contributed by atoms with E-state index in [2.05, 4.69) is 35.6 Å². The summed E-state index contributed by atoms with van der Waals surface area (Å²) in [5, 5.41) is 3.00. The molecule has 1 aliphatic heterocycles. The molecule has 0 N–H and O–H groups in total. The van der Waals surface area contributed by atoms with E-state index in [9.17, 15) is 4.79 Å². The van der Waals surface area contributed by atoms with Gasteiger partial charge in [-0.2, -0.15) is 0 Å². The number of thiazole rings is 1. The highest BCUT2D eigenvalue weighted by molar-refractivity contribution is 7.13. The first kappa shape index (κ1) is 15.6. The molecule has 1 saturated heterocycles. The van der Waals surface area contributed by atoms with Gasteiger partial charge in [0.15, 0.2) is 5.13 Å². The fourth-order valence-electron chi connectivity index (χ4n) is 2.96. The van der Waals surface area contributed by atoms with Gasteiger partial charge >= 0.3 is 0 Å².